The van der Waals surface area contributed by atoms with Gasteiger partial charge in [-0.1, -0.05) is 23.4 Å². The summed E-state index contributed by atoms with van der Waals surface area (Å²) in [6.45, 7) is 2.35. The summed E-state index contributed by atoms with van der Waals surface area (Å²) in [5.74, 6) is 5.75. The number of anilines is 1. The number of halogens is 3. The van der Waals surface area contributed by atoms with Crippen molar-refractivity contribution in [1.82, 2.24) is 24.4 Å². The second kappa shape index (κ2) is 13.4. The number of carboxylic acid groups (broad SMARTS) is 1. The molecule has 1 aromatic carbocycles. The number of aryl methyl sites for hydroxylation is 1. The number of carbonyl (C=O) groups is 1. The van der Waals surface area contributed by atoms with Gasteiger partial charge in [0.15, 0.2) is 0 Å². The van der Waals surface area contributed by atoms with E-state index in [9.17, 15) is 28.7 Å². The van der Waals surface area contributed by atoms with Crippen molar-refractivity contribution in [3.05, 3.63) is 79.9 Å². The molecule has 0 bridgehead atoms. The Morgan fingerprint density at radius 2 is 2.02 bits per heavy atom. The highest BCUT2D eigenvalue weighted by molar-refractivity contribution is 7.18. The lowest BCUT2D eigenvalue weighted by atomic mass is 10.00. The summed E-state index contributed by atoms with van der Waals surface area (Å²) in [7, 11) is 0. The minimum atomic E-state index is -2.39. The molecule has 5 heterocycles. The molecule has 1 fully saturated rings. The third-order valence-electron chi connectivity index (χ3n) is 8.04. The number of thiophene rings is 1. The maximum absolute atomic E-state index is 13.8. The Morgan fingerprint density at radius 3 is 2.74 bits per heavy atom. The van der Waals surface area contributed by atoms with Crippen LogP contribution in [0.3, 0.4) is 0 Å². The Morgan fingerprint density at radius 1 is 1.23 bits per heavy atom. The van der Waals surface area contributed by atoms with Crippen molar-refractivity contribution in [2.45, 2.75) is 38.8 Å². The molecule has 0 radical (unpaired) electrons. The van der Waals surface area contributed by atoms with E-state index in [1.165, 1.54) is 22.1 Å². The van der Waals surface area contributed by atoms with E-state index < -0.39 is 18.0 Å². The SMILES string of the molecule is Cc1nc2cnc(NC3CCN(CC(F)F)CC3)c(C#N)c2c(=O)n1CC#Cc1ccc(Cl)cc1-c1ccnc2c(C(=O)O)csc12. The van der Waals surface area contributed by atoms with Gasteiger partial charge in [-0.25, -0.2) is 23.5 Å². The minimum absolute atomic E-state index is 0.0257. The third kappa shape index (κ3) is 6.51. The molecule has 1 saturated heterocycles. The topological polar surface area (TPSA) is 137 Å². The fraction of sp³-hybridized carbons (Fsp3) is 0.273. The molecular formula is C33H26ClF2N7O3S. The summed E-state index contributed by atoms with van der Waals surface area (Å²) in [5, 5.41) is 25.0. The number of fused-ring (bicyclic) bond motifs is 2. The summed E-state index contributed by atoms with van der Waals surface area (Å²) in [6, 6.07) is 9.00. The number of pyridine rings is 2. The van der Waals surface area contributed by atoms with Gasteiger partial charge in [-0.15, -0.1) is 11.3 Å². The summed E-state index contributed by atoms with van der Waals surface area (Å²) < 4.78 is 27.6. The highest BCUT2D eigenvalue weighted by Crippen LogP contribution is 2.36. The van der Waals surface area contributed by atoms with Crippen LogP contribution in [0.1, 0.15) is 40.2 Å². The number of aromatic nitrogens is 4. The molecule has 1 aliphatic rings. The zero-order valence-corrected chi connectivity index (χ0v) is 26.5. The Hall–Kier alpha value is -4.95. The molecule has 5 aromatic rings. The zero-order valence-electron chi connectivity index (χ0n) is 24.9. The Kier molecular flexibility index (Phi) is 9.14. The summed E-state index contributed by atoms with van der Waals surface area (Å²) in [5.41, 5.74) is 2.41. The highest BCUT2D eigenvalue weighted by atomic mass is 35.5. The van der Waals surface area contributed by atoms with Crippen LogP contribution >= 0.6 is 22.9 Å². The molecule has 0 unspecified atom stereocenters. The number of nitrogens with one attached hydrogen (secondary N) is 1. The van der Waals surface area contributed by atoms with Crippen molar-refractivity contribution < 1.29 is 18.7 Å². The van der Waals surface area contributed by atoms with Gasteiger partial charge in [0.25, 0.3) is 12.0 Å². The summed E-state index contributed by atoms with van der Waals surface area (Å²) in [4.78, 5) is 40.4. The molecule has 0 saturated carbocycles. The van der Waals surface area contributed by atoms with Crippen molar-refractivity contribution in [2.75, 3.05) is 25.0 Å². The van der Waals surface area contributed by atoms with Crippen molar-refractivity contribution >= 4 is 55.8 Å². The van der Waals surface area contributed by atoms with Gasteiger partial charge in [-0.3, -0.25) is 19.2 Å². The van der Waals surface area contributed by atoms with Gasteiger partial charge in [-0.2, -0.15) is 5.26 Å². The van der Waals surface area contributed by atoms with Gasteiger partial charge in [0.2, 0.25) is 0 Å². The lowest BCUT2D eigenvalue weighted by Crippen LogP contribution is -2.41. The zero-order chi connectivity index (χ0) is 33.2. The maximum atomic E-state index is 13.8. The number of alkyl halides is 2. The van der Waals surface area contributed by atoms with E-state index in [1.807, 2.05) is 0 Å². The monoisotopic (exact) mass is 673 g/mol. The average Bonchev–Trinajstić information content (AvgIpc) is 3.49. The average molecular weight is 674 g/mol. The second-order valence-corrected chi connectivity index (χ2v) is 12.3. The van der Waals surface area contributed by atoms with Gasteiger partial charge in [0.1, 0.15) is 23.3 Å². The van der Waals surface area contributed by atoms with Crippen LogP contribution in [0, 0.1) is 30.1 Å². The van der Waals surface area contributed by atoms with E-state index in [-0.39, 0.29) is 47.0 Å². The summed E-state index contributed by atoms with van der Waals surface area (Å²) in [6.07, 6.45) is 1.78. The van der Waals surface area contributed by atoms with E-state index in [2.05, 4.69) is 38.2 Å². The van der Waals surface area contributed by atoms with Crippen molar-refractivity contribution in [1.29, 1.82) is 5.26 Å². The molecule has 47 heavy (non-hydrogen) atoms. The predicted octanol–water partition coefficient (Wildman–Crippen LogP) is 5.79. The molecular weight excluding hydrogens is 648 g/mol. The number of likely N-dealkylation sites (tertiary alicyclic amines) is 1. The predicted molar refractivity (Wildman–Crippen MR) is 176 cm³/mol. The van der Waals surface area contributed by atoms with Crippen molar-refractivity contribution in [3.8, 4) is 29.0 Å². The normalized spacial score (nSPS) is 13.9. The first kappa shape index (κ1) is 32.0. The number of benzene rings is 1. The minimum Gasteiger partial charge on any atom is -0.478 e. The van der Waals surface area contributed by atoms with Crippen LogP contribution in [-0.2, 0) is 6.54 Å². The van der Waals surface area contributed by atoms with Crippen LogP contribution in [-0.4, -0.2) is 67.6 Å². The molecule has 14 heteroatoms. The van der Waals surface area contributed by atoms with Gasteiger partial charge >= 0.3 is 5.97 Å². The first-order valence-electron chi connectivity index (χ1n) is 14.6. The fourth-order valence-corrected chi connectivity index (χ4v) is 6.93. The first-order valence-corrected chi connectivity index (χ1v) is 15.9. The molecule has 6 rings (SSSR count). The second-order valence-electron chi connectivity index (χ2n) is 11.0. The molecule has 238 valence electrons. The number of nitrogens with zero attached hydrogens (tertiary/aromatic N) is 6. The van der Waals surface area contributed by atoms with Crippen molar-refractivity contribution in [2.24, 2.45) is 0 Å². The molecule has 10 nitrogen and oxygen atoms in total. The largest absolute Gasteiger partial charge is 0.478 e. The van der Waals surface area contributed by atoms with Gasteiger partial charge < -0.3 is 10.4 Å². The highest BCUT2D eigenvalue weighted by Gasteiger charge is 2.24. The molecule has 4 aromatic heterocycles. The number of rotatable bonds is 7. The molecule has 0 atom stereocenters. The van der Waals surface area contributed by atoms with Gasteiger partial charge in [-0.05, 0) is 44.0 Å². The van der Waals surface area contributed by atoms with Crippen LogP contribution in [0.2, 0.25) is 5.02 Å². The number of aromatic carboxylic acids is 1. The number of nitriles is 1. The first-order chi connectivity index (χ1) is 22.6. The van der Waals surface area contributed by atoms with Crippen molar-refractivity contribution in [3.63, 3.8) is 0 Å². The molecule has 1 aliphatic heterocycles. The molecule has 0 spiro atoms. The third-order valence-corrected chi connectivity index (χ3v) is 9.28. The van der Waals surface area contributed by atoms with Gasteiger partial charge in [0, 0.05) is 52.4 Å². The number of carboxylic acids is 1. The van der Waals surface area contributed by atoms with E-state index in [4.69, 9.17) is 11.6 Å². The number of piperidine rings is 1. The Balaban J connectivity index is 1.31. The van der Waals surface area contributed by atoms with Gasteiger partial charge in [0.05, 0.1) is 46.0 Å². The van der Waals surface area contributed by atoms with E-state index in [0.717, 1.165) is 5.56 Å². The number of hydrogen-bond acceptors (Lipinski definition) is 9. The standard InChI is InChI=1S/C33H26ClF2N7O3S/c1-18-40-26-15-39-31(41-21-7-11-42(12-8-21)16-27(35)36)24(14-37)28(26)32(44)43(18)10-2-3-19-4-5-20(34)13-23(19)22-6-9-38-29-25(33(45)46)17-47-30(22)29/h4-6,9,13,15,17,21,27H,7-8,10-12,16H2,1H3,(H,39,41)(H,45,46). The summed E-state index contributed by atoms with van der Waals surface area (Å²) >= 11 is 7.62. The van der Waals surface area contributed by atoms with Crippen LogP contribution in [0.15, 0.2) is 46.8 Å². The lowest BCUT2D eigenvalue weighted by Gasteiger charge is -2.32. The quantitative estimate of drug-likeness (QED) is 0.206. The fourth-order valence-electron chi connectivity index (χ4n) is 5.73. The van der Waals surface area contributed by atoms with E-state index in [0.29, 0.717) is 58.1 Å². The number of hydrogen-bond donors (Lipinski definition) is 2. The van der Waals surface area contributed by atoms with E-state index in [1.54, 1.807) is 47.7 Å². The van der Waals surface area contributed by atoms with Crippen LogP contribution in [0.25, 0.3) is 32.2 Å². The van der Waals surface area contributed by atoms with Crippen LogP contribution < -0.4 is 10.9 Å². The smallest absolute Gasteiger partial charge is 0.338 e. The van der Waals surface area contributed by atoms with E-state index >= 15 is 0 Å². The Bertz CT molecular complexity index is 2190. The molecule has 2 N–H and O–H groups in total. The van der Waals surface area contributed by atoms with Crippen LogP contribution in [0.4, 0.5) is 14.6 Å². The van der Waals surface area contributed by atoms with Crippen LogP contribution in [0.5, 0.6) is 0 Å². The molecule has 0 aliphatic carbocycles. The molecule has 0 amide bonds. The lowest BCUT2D eigenvalue weighted by molar-refractivity contribution is 0.0699. The Labute approximate surface area is 276 Å². The maximum Gasteiger partial charge on any atom is 0.338 e.